The average Bonchev–Trinajstić information content (AvgIpc) is 1.64. The number of rotatable bonds is 1. The molecule has 8 heavy (non-hydrogen) atoms. The molecule has 0 aliphatic rings. The van der Waals surface area contributed by atoms with Crippen molar-refractivity contribution in [2.45, 2.75) is 0 Å². The van der Waals surface area contributed by atoms with Gasteiger partial charge >= 0.3 is 10.4 Å². The van der Waals surface area contributed by atoms with Crippen molar-refractivity contribution in [3.05, 3.63) is 0 Å². The zero-order valence-corrected chi connectivity index (χ0v) is 5.72. The maximum absolute atomic E-state index is 9.93. The SMILES string of the molecule is O=C(Cl)C(=O)S(=O)Cl. The predicted octanol–water partition coefficient (Wildman–Crippen LogP) is 0.181. The Bertz CT molecular complexity index is 137. The quantitative estimate of drug-likeness (QED) is 0.422. The van der Waals surface area contributed by atoms with E-state index in [0.717, 1.165) is 0 Å². The number of carbonyl (C=O) groups is 2. The Morgan fingerprint density at radius 1 is 1.38 bits per heavy atom. The fourth-order valence-electron chi connectivity index (χ4n) is 0.0631. The van der Waals surface area contributed by atoms with Gasteiger partial charge < -0.3 is 0 Å². The van der Waals surface area contributed by atoms with Crippen LogP contribution >= 0.6 is 22.3 Å². The molecule has 0 rings (SSSR count). The van der Waals surface area contributed by atoms with Gasteiger partial charge in [-0.1, -0.05) is 0 Å². The van der Waals surface area contributed by atoms with Crippen molar-refractivity contribution in [1.82, 2.24) is 0 Å². The van der Waals surface area contributed by atoms with E-state index >= 15 is 0 Å². The highest BCUT2D eigenvalue weighted by molar-refractivity contribution is 8.22. The number of carbonyl (C=O) groups excluding carboxylic acids is 2. The lowest BCUT2D eigenvalue weighted by Crippen LogP contribution is -2.08. The largest absolute Gasteiger partial charge is 0.316 e. The van der Waals surface area contributed by atoms with Gasteiger partial charge in [-0.2, -0.15) is 0 Å². The van der Waals surface area contributed by atoms with Gasteiger partial charge in [-0.15, -0.1) is 0 Å². The van der Waals surface area contributed by atoms with Crippen LogP contribution in [-0.2, 0) is 19.6 Å². The van der Waals surface area contributed by atoms with Crippen LogP contribution < -0.4 is 0 Å². The van der Waals surface area contributed by atoms with Crippen molar-refractivity contribution in [2.75, 3.05) is 0 Å². The minimum Gasteiger partial charge on any atom is -0.273 e. The third-order valence-corrected chi connectivity index (χ3v) is 1.49. The summed E-state index contributed by atoms with van der Waals surface area (Å²) in [5.41, 5.74) is 0. The molecule has 3 nitrogen and oxygen atoms in total. The summed E-state index contributed by atoms with van der Waals surface area (Å²) >= 11 is 4.56. The summed E-state index contributed by atoms with van der Waals surface area (Å²) < 4.78 is 9.81. The first kappa shape index (κ1) is 8.07. The molecule has 0 amide bonds. The highest BCUT2D eigenvalue weighted by Crippen LogP contribution is 1.93. The molecule has 0 bridgehead atoms. The first-order chi connectivity index (χ1) is 3.55. The summed E-state index contributed by atoms with van der Waals surface area (Å²) in [6, 6.07) is 0. The number of halogens is 2. The highest BCUT2D eigenvalue weighted by Gasteiger charge is 2.15. The molecular formula is C2Cl2O3S. The van der Waals surface area contributed by atoms with Gasteiger partial charge in [-0.3, -0.25) is 9.59 Å². The van der Waals surface area contributed by atoms with E-state index in [1.54, 1.807) is 0 Å². The monoisotopic (exact) mass is 174 g/mol. The topological polar surface area (TPSA) is 51.2 Å². The Balaban J connectivity index is 4.05. The van der Waals surface area contributed by atoms with Crippen LogP contribution in [0.3, 0.4) is 0 Å². The van der Waals surface area contributed by atoms with Gasteiger partial charge in [0.1, 0.15) is 0 Å². The molecule has 0 aliphatic carbocycles. The van der Waals surface area contributed by atoms with Crippen molar-refractivity contribution in [3.63, 3.8) is 0 Å². The van der Waals surface area contributed by atoms with Gasteiger partial charge in [0.05, 0.1) is 0 Å². The molecular weight excluding hydrogens is 175 g/mol. The average molecular weight is 175 g/mol. The van der Waals surface area contributed by atoms with Crippen LogP contribution in [-0.4, -0.2) is 14.6 Å². The van der Waals surface area contributed by atoms with Crippen LogP contribution in [0.2, 0.25) is 0 Å². The van der Waals surface area contributed by atoms with Gasteiger partial charge in [0.15, 0.2) is 10.0 Å². The van der Waals surface area contributed by atoms with Crippen LogP contribution in [0.15, 0.2) is 0 Å². The minimum absolute atomic E-state index is 1.28. The third-order valence-electron chi connectivity index (χ3n) is 0.306. The maximum atomic E-state index is 9.93. The Kier molecular flexibility index (Phi) is 3.19. The Hall–Kier alpha value is 0.0700. The van der Waals surface area contributed by atoms with E-state index in [-0.39, 0.29) is 0 Å². The molecule has 0 aromatic carbocycles. The first-order valence-corrected chi connectivity index (χ1v) is 3.73. The summed E-state index contributed by atoms with van der Waals surface area (Å²) in [6.45, 7) is 0. The van der Waals surface area contributed by atoms with E-state index in [4.69, 9.17) is 0 Å². The molecule has 0 fully saturated rings. The van der Waals surface area contributed by atoms with Crippen molar-refractivity contribution >= 4 is 42.7 Å². The first-order valence-electron chi connectivity index (χ1n) is 1.37. The second kappa shape index (κ2) is 3.17. The van der Waals surface area contributed by atoms with Crippen LogP contribution in [0.4, 0.5) is 0 Å². The summed E-state index contributed by atoms with van der Waals surface area (Å²) in [4.78, 5) is 19.7. The molecule has 1 unspecified atom stereocenters. The zero-order valence-electron chi connectivity index (χ0n) is 3.39. The fraction of sp³-hybridized carbons (Fsp3) is 0. The Morgan fingerprint density at radius 2 is 1.75 bits per heavy atom. The van der Waals surface area contributed by atoms with Gasteiger partial charge in [-0.05, 0) is 22.3 Å². The van der Waals surface area contributed by atoms with Crippen molar-refractivity contribution < 1.29 is 13.8 Å². The molecule has 0 radical (unpaired) electrons. The maximum Gasteiger partial charge on any atom is 0.316 e. The molecule has 0 heterocycles. The fourth-order valence-corrected chi connectivity index (χ4v) is 0.728. The second-order valence-electron chi connectivity index (χ2n) is 0.785. The predicted molar refractivity (Wildman–Crippen MR) is 29.9 cm³/mol. The van der Waals surface area contributed by atoms with Crippen LogP contribution in [0, 0.1) is 0 Å². The lowest BCUT2D eigenvalue weighted by molar-refractivity contribution is -0.126. The molecule has 1 atom stereocenters. The summed E-state index contributed by atoms with van der Waals surface area (Å²) in [5.74, 6) is 0. The van der Waals surface area contributed by atoms with Crippen LogP contribution in [0.5, 0.6) is 0 Å². The molecule has 6 heteroatoms. The van der Waals surface area contributed by atoms with Gasteiger partial charge in [0.25, 0.3) is 0 Å². The van der Waals surface area contributed by atoms with Crippen molar-refractivity contribution in [2.24, 2.45) is 0 Å². The number of hydrogen-bond acceptors (Lipinski definition) is 3. The normalized spacial score (nSPS) is 12.8. The van der Waals surface area contributed by atoms with E-state index in [1.807, 2.05) is 0 Å². The van der Waals surface area contributed by atoms with Gasteiger partial charge in [0.2, 0.25) is 0 Å². The van der Waals surface area contributed by atoms with E-state index in [0.29, 0.717) is 0 Å². The standard InChI is InChI=1S/C2Cl2O3S/c3-1(5)2(6)8(4)7. The van der Waals surface area contributed by atoms with Crippen molar-refractivity contribution in [3.8, 4) is 0 Å². The molecule has 0 aliphatic heterocycles. The molecule has 0 aromatic heterocycles. The molecule has 0 aromatic rings. The summed E-state index contributed by atoms with van der Waals surface area (Å²) in [5, 5.41) is -2.59. The van der Waals surface area contributed by atoms with Crippen molar-refractivity contribution in [1.29, 1.82) is 0 Å². The highest BCUT2D eigenvalue weighted by atomic mass is 35.7. The van der Waals surface area contributed by atoms with E-state index in [1.165, 1.54) is 0 Å². The third kappa shape index (κ3) is 2.40. The van der Waals surface area contributed by atoms with Crippen LogP contribution in [0.25, 0.3) is 0 Å². The Morgan fingerprint density at radius 3 is 1.75 bits per heavy atom. The summed E-state index contributed by atoms with van der Waals surface area (Å²) in [6.07, 6.45) is 0. The molecule has 0 N–H and O–H groups in total. The lowest BCUT2D eigenvalue weighted by atomic mass is 10.9. The molecule has 46 valence electrons. The minimum atomic E-state index is -2.29. The lowest BCUT2D eigenvalue weighted by Gasteiger charge is -1.78. The van der Waals surface area contributed by atoms with E-state index in [2.05, 4.69) is 22.3 Å². The molecule has 0 saturated heterocycles. The van der Waals surface area contributed by atoms with Gasteiger partial charge in [-0.25, -0.2) is 4.21 Å². The zero-order chi connectivity index (χ0) is 6.73. The van der Waals surface area contributed by atoms with Crippen LogP contribution in [0.1, 0.15) is 0 Å². The molecule has 0 saturated carbocycles. The molecule has 0 spiro atoms. The second-order valence-corrected chi connectivity index (χ2v) is 2.79. The van der Waals surface area contributed by atoms with E-state index in [9.17, 15) is 13.8 Å². The number of hydrogen-bond donors (Lipinski definition) is 0. The van der Waals surface area contributed by atoms with Gasteiger partial charge in [0, 0.05) is 0 Å². The smallest absolute Gasteiger partial charge is 0.273 e. The summed E-state index contributed by atoms with van der Waals surface area (Å²) in [7, 11) is 2.35. The van der Waals surface area contributed by atoms with E-state index < -0.39 is 20.4 Å². The Labute approximate surface area is 56.9 Å².